The standard InChI is InChI=1S/C27H50O4Si2/c1-26(2,3)32(8,9)30-19-23-22-17-20(14-12-13-15-25(28)29-7)16-21(22)18-24(23)31-33(10,11)27(4,5)6/h12,14,16,21-24H,13,15,17-19H2,1-11H3. The summed E-state index contributed by atoms with van der Waals surface area (Å²) in [6, 6.07) is 0. The van der Waals surface area contributed by atoms with Crippen molar-refractivity contribution in [3.8, 4) is 0 Å². The topological polar surface area (TPSA) is 44.8 Å². The molecule has 0 aromatic carbocycles. The lowest BCUT2D eigenvalue weighted by Crippen LogP contribution is -2.47. The number of hydrogen-bond donors (Lipinski definition) is 0. The minimum absolute atomic E-state index is 0.148. The number of rotatable bonds is 9. The second kappa shape index (κ2) is 10.5. The van der Waals surface area contributed by atoms with Crippen LogP contribution in [0.2, 0.25) is 36.3 Å². The zero-order chi connectivity index (χ0) is 25.2. The molecule has 0 aromatic heterocycles. The Balaban J connectivity index is 2.15. The molecular formula is C27H50O4Si2. The Bertz CT molecular complexity index is 740. The predicted octanol–water partition coefficient (Wildman–Crippen LogP) is 7.49. The molecule has 4 atom stereocenters. The Kier molecular flexibility index (Phi) is 9.09. The highest BCUT2D eigenvalue weighted by Gasteiger charge is 2.50. The van der Waals surface area contributed by atoms with Crippen LogP contribution in [-0.2, 0) is 18.4 Å². The average Bonchev–Trinajstić information content (AvgIpc) is 3.18. The quantitative estimate of drug-likeness (QED) is 0.246. The molecule has 0 aliphatic heterocycles. The van der Waals surface area contributed by atoms with Crippen molar-refractivity contribution in [2.24, 2.45) is 17.8 Å². The molecule has 1 fully saturated rings. The number of carbonyl (C=O) groups is 1. The van der Waals surface area contributed by atoms with Crippen molar-refractivity contribution in [2.75, 3.05) is 13.7 Å². The van der Waals surface area contributed by atoms with Crippen LogP contribution in [0, 0.1) is 17.8 Å². The summed E-state index contributed by atoms with van der Waals surface area (Å²) >= 11 is 0. The van der Waals surface area contributed by atoms with Gasteiger partial charge in [0.05, 0.1) is 13.2 Å². The molecule has 4 nitrogen and oxygen atoms in total. The molecule has 0 radical (unpaired) electrons. The van der Waals surface area contributed by atoms with Crippen molar-refractivity contribution in [3.05, 3.63) is 23.8 Å². The van der Waals surface area contributed by atoms with E-state index in [4.69, 9.17) is 13.6 Å². The lowest BCUT2D eigenvalue weighted by atomic mass is 9.90. The molecule has 190 valence electrons. The molecule has 33 heavy (non-hydrogen) atoms. The molecule has 0 aromatic rings. The van der Waals surface area contributed by atoms with E-state index in [0.717, 1.165) is 25.9 Å². The molecule has 2 aliphatic carbocycles. The van der Waals surface area contributed by atoms with E-state index >= 15 is 0 Å². The van der Waals surface area contributed by atoms with E-state index in [1.807, 2.05) is 0 Å². The minimum Gasteiger partial charge on any atom is -0.469 e. The summed E-state index contributed by atoms with van der Waals surface area (Å²) in [4.78, 5) is 11.4. The maximum atomic E-state index is 11.4. The summed E-state index contributed by atoms with van der Waals surface area (Å²) in [5.41, 5.74) is 1.40. The first-order valence-electron chi connectivity index (χ1n) is 12.7. The van der Waals surface area contributed by atoms with Gasteiger partial charge in [0.1, 0.15) is 0 Å². The monoisotopic (exact) mass is 494 g/mol. The molecule has 0 N–H and O–H groups in total. The van der Waals surface area contributed by atoms with Gasteiger partial charge >= 0.3 is 5.97 Å². The third-order valence-electron chi connectivity index (χ3n) is 8.75. The van der Waals surface area contributed by atoms with Crippen molar-refractivity contribution in [1.29, 1.82) is 0 Å². The molecule has 2 aliphatic rings. The van der Waals surface area contributed by atoms with Gasteiger partial charge in [-0.2, -0.15) is 0 Å². The number of fused-ring (bicyclic) bond motifs is 1. The van der Waals surface area contributed by atoms with Crippen LogP contribution in [0.1, 0.15) is 67.2 Å². The zero-order valence-electron chi connectivity index (χ0n) is 23.2. The normalized spacial score (nSPS) is 26.6. The van der Waals surface area contributed by atoms with E-state index in [0.29, 0.717) is 24.2 Å². The Morgan fingerprint density at radius 3 is 2.21 bits per heavy atom. The van der Waals surface area contributed by atoms with Crippen molar-refractivity contribution >= 4 is 22.6 Å². The third-order valence-corrected chi connectivity index (χ3v) is 17.8. The van der Waals surface area contributed by atoms with Crippen LogP contribution in [0.4, 0.5) is 0 Å². The van der Waals surface area contributed by atoms with Gasteiger partial charge in [-0.15, -0.1) is 0 Å². The van der Waals surface area contributed by atoms with Crippen LogP contribution in [0.3, 0.4) is 0 Å². The fourth-order valence-corrected chi connectivity index (χ4v) is 6.85. The maximum Gasteiger partial charge on any atom is 0.305 e. The maximum absolute atomic E-state index is 11.4. The van der Waals surface area contributed by atoms with Crippen molar-refractivity contribution in [2.45, 2.75) is 110 Å². The lowest BCUT2D eigenvalue weighted by molar-refractivity contribution is -0.140. The number of carbonyl (C=O) groups excluding carboxylic acids is 1. The highest BCUT2D eigenvalue weighted by atomic mass is 28.4. The summed E-state index contributed by atoms with van der Waals surface area (Å²) in [5.74, 6) is 1.44. The van der Waals surface area contributed by atoms with Crippen molar-refractivity contribution in [1.82, 2.24) is 0 Å². The smallest absolute Gasteiger partial charge is 0.305 e. The second-order valence-corrected chi connectivity index (χ2v) is 22.7. The molecule has 2 rings (SSSR count). The summed E-state index contributed by atoms with van der Waals surface area (Å²) in [6.45, 7) is 24.2. The first-order valence-corrected chi connectivity index (χ1v) is 18.6. The number of hydrogen-bond acceptors (Lipinski definition) is 4. The average molecular weight is 495 g/mol. The van der Waals surface area contributed by atoms with Gasteiger partial charge in [-0.25, -0.2) is 0 Å². The molecule has 0 bridgehead atoms. The SMILES string of the molecule is COC(=O)CCC=CC1=CC2CC(O[Si](C)(C)C(C)(C)C)C(CO[Si](C)(C)C(C)(C)C)C2C1. The van der Waals surface area contributed by atoms with Crippen molar-refractivity contribution in [3.63, 3.8) is 0 Å². The molecule has 0 saturated heterocycles. The molecule has 0 amide bonds. The van der Waals surface area contributed by atoms with Gasteiger partial charge in [0.15, 0.2) is 16.6 Å². The van der Waals surface area contributed by atoms with Crippen LogP contribution >= 0.6 is 0 Å². The van der Waals surface area contributed by atoms with E-state index in [2.05, 4.69) is 86.0 Å². The van der Waals surface area contributed by atoms with Gasteiger partial charge in [0.2, 0.25) is 0 Å². The van der Waals surface area contributed by atoms with Crippen LogP contribution in [0.5, 0.6) is 0 Å². The van der Waals surface area contributed by atoms with Gasteiger partial charge in [-0.05, 0) is 67.4 Å². The lowest BCUT2D eigenvalue weighted by Gasteiger charge is -2.42. The van der Waals surface area contributed by atoms with Crippen LogP contribution in [0.25, 0.3) is 0 Å². The predicted molar refractivity (Wildman–Crippen MR) is 143 cm³/mol. The van der Waals surface area contributed by atoms with E-state index < -0.39 is 16.6 Å². The third kappa shape index (κ3) is 7.15. The molecule has 0 spiro atoms. The highest BCUT2D eigenvalue weighted by Crippen LogP contribution is 2.51. The van der Waals surface area contributed by atoms with Crippen LogP contribution < -0.4 is 0 Å². The van der Waals surface area contributed by atoms with Crippen molar-refractivity contribution < 1.29 is 18.4 Å². The van der Waals surface area contributed by atoms with Gasteiger partial charge in [-0.3, -0.25) is 4.79 Å². The Hall–Kier alpha value is -0.696. The molecule has 0 heterocycles. The van der Waals surface area contributed by atoms with Crippen LogP contribution in [-0.4, -0.2) is 42.4 Å². The number of esters is 1. The second-order valence-electron chi connectivity index (χ2n) is 13.2. The van der Waals surface area contributed by atoms with Gasteiger partial charge in [-0.1, -0.05) is 65.3 Å². The first kappa shape index (κ1) is 28.5. The Morgan fingerprint density at radius 2 is 1.67 bits per heavy atom. The fourth-order valence-electron chi connectivity index (χ4n) is 4.42. The Labute approximate surface area is 205 Å². The van der Waals surface area contributed by atoms with Crippen LogP contribution in [0.15, 0.2) is 23.8 Å². The van der Waals surface area contributed by atoms with Gasteiger partial charge < -0.3 is 13.6 Å². The minimum atomic E-state index is -1.85. The highest BCUT2D eigenvalue weighted by molar-refractivity contribution is 6.74. The molecular weight excluding hydrogens is 444 g/mol. The summed E-state index contributed by atoms with van der Waals surface area (Å²) < 4.78 is 18.5. The summed E-state index contributed by atoms with van der Waals surface area (Å²) in [6.07, 6.45) is 10.4. The van der Waals surface area contributed by atoms with E-state index in [9.17, 15) is 4.79 Å². The molecule has 1 saturated carbocycles. The van der Waals surface area contributed by atoms with Gasteiger partial charge in [0.25, 0.3) is 0 Å². The largest absolute Gasteiger partial charge is 0.469 e. The number of methoxy groups -OCH3 is 1. The summed E-state index contributed by atoms with van der Waals surface area (Å²) in [7, 11) is -2.22. The molecule has 6 heteroatoms. The van der Waals surface area contributed by atoms with E-state index in [1.165, 1.54) is 12.7 Å². The number of ether oxygens (including phenoxy) is 1. The Morgan fingerprint density at radius 1 is 1.06 bits per heavy atom. The van der Waals surface area contributed by atoms with Gasteiger partial charge in [0, 0.05) is 18.9 Å². The summed E-state index contributed by atoms with van der Waals surface area (Å²) in [5, 5.41) is 0.418. The fraction of sp³-hybridized carbons (Fsp3) is 0.815. The zero-order valence-corrected chi connectivity index (χ0v) is 25.2. The first-order chi connectivity index (χ1) is 15.0. The van der Waals surface area contributed by atoms with E-state index in [1.54, 1.807) is 0 Å². The molecule has 4 unspecified atom stereocenters. The number of allylic oxidation sites excluding steroid dienone is 4. The van der Waals surface area contributed by atoms with E-state index in [-0.39, 0.29) is 22.1 Å².